The highest BCUT2D eigenvalue weighted by Crippen LogP contribution is 2.30. The SMILES string of the molecule is Cc1ccc(Cl)c(Nc2cscc2CC(=O)O)c1. The molecule has 0 spiro atoms. The van der Waals surface area contributed by atoms with Gasteiger partial charge in [0.1, 0.15) is 0 Å². The van der Waals surface area contributed by atoms with Crippen molar-refractivity contribution in [1.82, 2.24) is 0 Å². The van der Waals surface area contributed by atoms with Crippen molar-refractivity contribution >= 4 is 40.3 Å². The Morgan fingerprint density at radius 1 is 1.39 bits per heavy atom. The molecular formula is C13H12ClNO2S. The van der Waals surface area contributed by atoms with Crippen LogP contribution in [0.15, 0.2) is 29.0 Å². The maximum atomic E-state index is 10.7. The Morgan fingerprint density at radius 2 is 2.17 bits per heavy atom. The number of aryl methyl sites for hydroxylation is 1. The summed E-state index contributed by atoms with van der Waals surface area (Å²) < 4.78 is 0. The van der Waals surface area contributed by atoms with E-state index in [9.17, 15) is 4.79 Å². The number of carbonyl (C=O) groups is 1. The molecule has 18 heavy (non-hydrogen) atoms. The van der Waals surface area contributed by atoms with Crippen LogP contribution in [0.2, 0.25) is 5.02 Å². The molecule has 0 saturated carbocycles. The van der Waals surface area contributed by atoms with E-state index >= 15 is 0 Å². The summed E-state index contributed by atoms with van der Waals surface area (Å²) in [4.78, 5) is 10.7. The second-order valence-electron chi connectivity index (χ2n) is 3.99. The van der Waals surface area contributed by atoms with Gasteiger partial charge in [-0.05, 0) is 35.6 Å². The van der Waals surface area contributed by atoms with E-state index in [-0.39, 0.29) is 6.42 Å². The third kappa shape index (κ3) is 3.03. The molecule has 1 aromatic heterocycles. The average Bonchev–Trinajstić information content (AvgIpc) is 2.70. The number of halogens is 1. The highest BCUT2D eigenvalue weighted by molar-refractivity contribution is 7.08. The van der Waals surface area contributed by atoms with Gasteiger partial charge in [-0.25, -0.2) is 0 Å². The summed E-state index contributed by atoms with van der Waals surface area (Å²) in [6, 6.07) is 5.69. The molecule has 5 heteroatoms. The fourth-order valence-electron chi connectivity index (χ4n) is 1.61. The van der Waals surface area contributed by atoms with Crippen molar-refractivity contribution in [1.29, 1.82) is 0 Å². The first kappa shape index (κ1) is 12.9. The standard InChI is InChI=1S/C13H12ClNO2S/c1-8-2-3-10(14)11(4-8)15-12-7-18-6-9(12)5-13(16)17/h2-4,6-7,15H,5H2,1H3,(H,16,17). The number of hydrogen-bond donors (Lipinski definition) is 2. The van der Waals surface area contributed by atoms with Crippen LogP contribution in [0.3, 0.4) is 0 Å². The highest BCUT2D eigenvalue weighted by Gasteiger charge is 2.09. The number of aliphatic carboxylic acids is 1. The van der Waals surface area contributed by atoms with E-state index in [1.165, 1.54) is 11.3 Å². The lowest BCUT2D eigenvalue weighted by Crippen LogP contribution is -2.01. The van der Waals surface area contributed by atoms with Crippen LogP contribution in [0, 0.1) is 6.92 Å². The van der Waals surface area contributed by atoms with E-state index in [4.69, 9.17) is 16.7 Å². The minimum atomic E-state index is -0.841. The Hall–Kier alpha value is -1.52. The summed E-state index contributed by atoms with van der Waals surface area (Å²) in [6.45, 7) is 1.98. The van der Waals surface area contributed by atoms with Gasteiger partial charge in [0, 0.05) is 5.38 Å². The van der Waals surface area contributed by atoms with Crippen molar-refractivity contribution in [2.45, 2.75) is 13.3 Å². The Morgan fingerprint density at radius 3 is 2.89 bits per heavy atom. The molecule has 2 rings (SSSR count). The predicted molar refractivity (Wildman–Crippen MR) is 75.1 cm³/mol. The van der Waals surface area contributed by atoms with Crippen LogP contribution in [-0.2, 0) is 11.2 Å². The number of hydrogen-bond acceptors (Lipinski definition) is 3. The maximum absolute atomic E-state index is 10.7. The van der Waals surface area contributed by atoms with E-state index in [0.717, 1.165) is 22.5 Å². The number of anilines is 2. The lowest BCUT2D eigenvalue weighted by Gasteiger charge is -2.09. The molecule has 1 aromatic carbocycles. The quantitative estimate of drug-likeness (QED) is 0.888. The summed E-state index contributed by atoms with van der Waals surface area (Å²) in [5.41, 5.74) is 3.46. The molecule has 0 saturated heterocycles. The van der Waals surface area contributed by atoms with Gasteiger partial charge in [0.05, 0.1) is 22.8 Å². The normalized spacial score (nSPS) is 10.3. The van der Waals surface area contributed by atoms with Gasteiger partial charge in [-0.2, -0.15) is 0 Å². The molecule has 0 aliphatic rings. The van der Waals surface area contributed by atoms with Crippen LogP contribution in [0.4, 0.5) is 11.4 Å². The minimum absolute atomic E-state index is 0.00919. The largest absolute Gasteiger partial charge is 0.481 e. The van der Waals surface area contributed by atoms with Gasteiger partial charge in [0.25, 0.3) is 0 Å². The Kier molecular flexibility index (Phi) is 3.89. The average molecular weight is 282 g/mol. The Balaban J connectivity index is 2.26. The number of nitrogens with one attached hydrogen (secondary N) is 1. The second-order valence-corrected chi connectivity index (χ2v) is 5.14. The maximum Gasteiger partial charge on any atom is 0.307 e. The monoisotopic (exact) mass is 281 g/mol. The molecule has 0 fully saturated rings. The Bertz CT molecular complexity index is 580. The van der Waals surface area contributed by atoms with E-state index < -0.39 is 5.97 Å². The summed E-state index contributed by atoms with van der Waals surface area (Å²) in [6.07, 6.45) is 0.00919. The van der Waals surface area contributed by atoms with E-state index in [1.54, 1.807) is 0 Å². The van der Waals surface area contributed by atoms with Crippen LogP contribution in [0.1, 0.15) is 11.1 Å². The van der Waals surface area contributed by atoms with Gasteiger partial charge >= 0.3 is 5.97 Å². The van der Waals surface area contributed by atoms with E-state index in [0.29, 0.717) is 5.02 Å². The summed E-state index contributed by atoms with van der Waals surface area (Å²) in [7, 11) is 0. The van der Waals surface area contributed by atoms with Gasteiger partial charge in [0.15, 0.2) is 0 Å². The van der Waals surface area contributed by atoms with Crippen LogP contribution in [0.25, 0.3) is 0 Å². The number of thiophene rings is 1. The van der Waals surface area contributed by atoms with Crippen molar-refractivity contribution in [3.63, 3.8) is 0 Å². The zero-order valence-corrected chi connectivity index (χ0v) is 11.3. The number of benzene rings is 1. The molecule has 94 valence electrons. The van der Waals surface area contributed by atoms with Crippen LogP contribution in [-0.4, -0.2) is 11.1 Å². The van der Waals surface area contributed by atoms with Crippen LogP contribution < -0.4 is 5.32 Å². The van der Waals surface area contributed by atoms with Crippen LogP contribution >= 0.6 is 22.9 Å². The van der Waals surface area contributed by atoms with E-state index in [1.807, 2.05) is 35.9 Å². The summed E-state index contributed by atoms with van der Waals surface area (Å²) >= 11 is 7.56. The molecule has 0 unspecified atom stereocenters. The highest BCUT2D eigenvalue weighted by atomic mass is 35.5. The molecule has 0 bridgehead atoms. The molecule has 3 nitrogen and oxygen atoms in total. The molecule has 0 atom stereocenters. The third-order valence-corrected chi connectivity index (χ3v) is 3.60. The fraction of sp³-hybridized carbons (Fsp3) is 0.154. The molecule has 2 N–H and O–H groups in total. The first-order valence-electron chi connectivity index (χ1n) is 5.36. The van der Waals surface area contributed by atoms with Gasteiger partial charge in [-0.3, -0.25) is 4.79 Å². The number of carboxylic acid groups (broad SMARTS) is 1. The number of carboxylic acids is 1. The summed E-state index contributed by atoms with van der Waals surface area (Å²) in [5.74, 6) is -0.841. The lowest BCUT2D eigenvalue weighted by atomic mass is 10.2. The first-order chi connectivity index (χ1) is 8.56. The fourth-order valence-corrected chi connectivity index (χ4v) is 2.57. The topological polar surface area (TPSA) is 49.3 Å². The zero-order chi connectivity index (χ0) is 13.1. The lowest BCUT2D eigenvalue weighted by molar-refractivity contribution is -0.136. The van der Waals surface area contributed by atoms with Gasteiger partial charge < -0.3 is 10.4 Å². The summed E-state index contributed by atoms with van der Waals surface area (Å²) in [5, 5.41) is 16.3. The third-order valence-electron chi connectivity index (χ3n) is 2.48. The van der Waals surface area contributed by atoms with Crippen molar-refractivity contribution in [2.24, 2.45) is 0 Å². The minimum Gasteiger partial charge on any atom is -0.481 e. The van der Waals surface area contributed by atoms with Crippen molar-refractivity contribution in [3.05, 3.63) is 45.1 Å². The Labute approximate surface area is 114 Å². The van der Waals surface area contributed by atoms with Crippen molar-refractivity contribution in [2.75, 3.05) is 5.32 Å². The first-order valence-corrected chi connectivity index (χ1v) is 6.68. The molecule has 2 aromatic rings. The van der Waals surface area contributed by atoms with Gasteiger partial charge in [-0.15, -0.1) is 11.3 Å². The molecule has 0 aliphatic carbocycles. The second kappa shape index (κ2) is 5.42. The smallest absolute Gasteiger partial charge is 0.307 e. The zero-order valence-electron chi connectivity index (χ0n) is 9.74. The molecule has 0 aliphatic heterocycles. The molecule has 0 amide bonds. The molecule has 1 heterocycles. The molecular weight excluding hydrogens is 270 g/mol. The van der Waals surface area contributed by atoms with Crippen molar-refractivity contribution < 1.29 is 9.90 Å². The number of rotatable bonds is 4. The molecule has 0 radical (unpaired) electrons. The van der Waals surface area contributed by atoms with Crippen molar-refractivity contribution in [3.8, 4) is 0 Å². The van der Waals surface area contributed by atoms with Gasteiger partial charge in [0.2, 0.25) is 0 Å². The van der Waals surface area contributed by atoms with Crippen LogP contribution in [0.5, 0.6) is 0 Å². The predicted octanol–water partition coefficient (Wildman–Crippen LogP) is 4.08. The van der Waals surface area contributed by atoms with Gasteiger partial charge in [-0.1, -0.05) is 17.7 Å². The van der Waals surface area contributed by atoms with E-state index in [2.05, 4.69) is 5.32 Å².